The zero-order valence-corrected chi connectivity index (χ0v) is 13.5. The van der Waals surface area contributed by atoms with Crippen LogP contribution in [0.4, 0.5) is 5.82 Å². The highest BCUT2D eigenvalue weighted by Gasteiger charge is 2.20. The van der Waals surface area contributed by atoms with Crippen LogP contribution in [0.25, 0.3) is 0 Å². The Morgan fingerprint density at radius 2 is 2.25 bits per heavy atom. The van der Waals surface area contributed by atoms with Crippen molar-refractivity contribution in [3.05, 3.63) is 22.8 Å². The molecule has 1 fully saturated rings. The third kappa shape index (κ3) is 4.33. The number of hydrogen-bond acceptors (Lipinski definition) is 4. The van der Waals surface area contributed by atoms with Crippen LogP contribution in [0.15, 0.2) is 12.3 Å². The first-order valence-corrected chi connectivity index (χ1v) is 7.49. The van der Waals surface area contributed by atoms with Gasteiger partial charge >= 0.3 is 0 Å². The number of rotatable bonds is 3. The van der Waals surface area contributed by atoms with E-state index in [0.29, 0.717) is 5.02 Å². The molecule has 1 N–H and O–H groups in total. The number of morpholine rings is 1. The molecule has 0 bridgehead atoms. The predicted octanol–water partition coefficient (Wildman–Crippen LogP) is 2.85. The smallest absolute Gasteiger partial charge is 0.147 e. The molecule has 5 heteroatoms. The molecule has 0 amide bonds. The second-order valence-electron chi connectivity index (χ2n) is 6.38. The molecular weight excluding hydrogens is 274 g/mol. The molecule has 1 aromatic rings. The molecule has 1 unspecified atom stereocenters. The summed E-state index contributed by atoms with van der Waals surface area (Å²) in [7, 11) is 0. The zero-order chi connectivity index (χ0) is 14.8. The number of nitrogens with one attached hydrogen (secondary N) is 1. The van der Waals surface area contributed by atoms with Crippen LogP contribution >= 0.6 is 11.6 Å². The average Bonchev–Trinajstić information content (AvgIpc) is 2.35. The Balaban J connectivity index is 2.05. The van der Waals surface area contributed by atoms with E-state index in [1.165, 1.54) is 0 Å². The molecule has 1 aliphatic rings. The van der Waals surface area contributed by atoms with Gasteiger partial charge in [0.15, 0.2) is 0 Å². The monoisotopic (exact) mass is 297 g/mol. The summed E-state index contributed by atoms with van der Waals surface area (Å²) in [5, 5.41) is 4.15. The molecule has 4 nitrogen and oxygen atoms in total. The Morgan fingerprint density at radius 1 is 1.50 bits per heavy atom. The second kappa shape index (κ2) is 6.29. The molecule has 2 rings (SSSR count). The molecule has 0 spiro atoms. The quantitative estimate of drug-likeness (QED) is 0.931. The van der Waals surface area contributed by atoms with Crippen LogP contribution < -0.4 is 10.2 Å². The highest BCUT2D eigenvalue weighted by molar-refractivity contribution is 6.33. The summed E-state index contributed by atoms with van der Waals surface area (Å²) in [5.41, 5.74) is 1.19. The van der Waals surface area contributed by atoms with Crippen molar-refractivity contribution < 1.29 is 4.74 Å². The van der Waals surface area contributed by atoms with Gasteiger partial charge in [0.1, 0.15) is 5.82 Å². The van der Waals surface area contributed by atoms with Crippen LogP contribution in [0.5, 0.6) is 0 Å². The van der Waals surface area contributed by atoms with Gasteiger partial charge in [0, 0.05) is 31.4 Å². The number of nitrogens with zero attached hydrogens (tertiary/aromatic N) is 2. The van der Waals surface area contributed by atoms with Crippen molar-refractivity contribution in [2.75, 3.05) is 24.6 Å². The first-order chi connectivity index (χ1) is 9.35. The van der Waals surface area contributed by atoms with Gasteiger partial charge in [-0.05, 0) is 39.3 Å². The van der Waals surface area contributed by atoms with Crippen molar-refractivity contribution in [2.45, 2.75) is 45.9 Å². The van der Waals surface area contributed by atoms with Gasteiger partial charge in [-0.1, -0.05) is 11.6 Å². The second-order valence-corrected chi connectivity index (χ2v) is 6.79. The van der Waals surface area contributed by atoms with E-state index in [9.17, 15) is 0 Å². The third-order valence-electron chi connectivity index (χ3n) is 3.24. The lowest BCUT2D eigenvalue weighted by atomic mass is 10.1. The fourth-order valence-electron chi connectivity index (χ4n) is 2.18. The highest BCUT2D eigenvalue weighted by Crippen LogP contribution is 2.25. The minimum atomic E-state index is 0.0881. The summed E-state index contributed by atoms with van der Waals surface area (Å²) >= 11 is 6.39. The normalized spacial score (nSPS) is 20.2. The highest BCUT2D eigenvalue weighted by atomic mass is 35.5. The van der Waals surface area contributed by atoms with E-state index < -0.39 is 0 Å². The van der Waals surface area contributed by atoms with Gasteiger partial charge in [0.2, 0.25) is 0 Å². The van der Waals surface area contributed by atoms with Gasteiger partial charge in [0.05, 0.1) is 17.7 Å². The number of pyridine rings is 1. The largest absolute Gasteiger partial charge is 0.375 e. The molecule has 20 heavy (non-hydrogen) atoms. The minimum Gasteiger partial charge on any atom is -0.375 e. The zero-order valence-electron chi connectivity index (χ0n) is 12.7. The SMILES string of the molecule is CC1CN(c2ncc(CNC(C)(C)C)cc2Cl)CCO1. The summed E-state index contributed by atoms with van der Waals surface area (Å²) in [4.78, 5) is 6.73. The van der Waals surface area contributed by atoms with E-state index in [1.54, 1.807) is 0 Å². The van der Waals surface area contributed by atoms with Crippen molar-refractivity contribution in [1.29, 1.82) is 0 Å². The van der Waals surface area contributed by atoms with Crippen molar-refractivity contribution in [3.8, 4) is 0 Å². The number of ether oxygens (including phenoxy) is 1. The lowest BCUT2D eigenvalue weighted by Gasteiger charge is -2.32. The molecule has 0 aliphatic carbocycles. The molecule has 0 saturated carbocycles. The molecule has 1 atom stereocenters. The Morgan fingerprint density at radius 3 is 2.85 bits per heavy atom. The maximum Gasteiger partial charge on any atom is 0.147 e. The van der Waals surface area contributed by atoms with Crippen LogP contribution in [0, 0.1) is 0 Å². The van der Waals surface area contributed by atoms with E-state index >= 15 is 0 Å². The van der Waals surface area contributed by atoms with Crippen LogP contribution in [0.3, 0.4) is 0 Å². The molecule has 1 aliphatic heterocycles. The Kier molecular flexibility index (Phi) is 4.89. The van der Waals surface area contributed by atoms with Crippen molar-refractivity contribution >= 4 is 17.4 Å². The Hall–Kier alpha value is -0.840. The summed E-state index contributed by atoms with van der Waals surface area (Å²) < 4.78 is 5.55. The number of aromatic nitrogens is 1. The summed E-state index contributed by atoms with van der Waals surface area (Å²) in [5.74, 6) is 0.862. The lowest BCUT2D eigenvalue weighted by Crippen LogP contribution is -2.41. The fraction of sp³-hybridized carbons (Fsp3) is 0.667. The topological polar surface area (TPSA) is 37.4 Å². The predicted molar refractivity (Wildman–Crippen MR) is 83.5 cm³/mol. The van der Waals surface area contributed by atoms with Gasteiger partial charge in [-0.15, -0.1) is 0 Å². The van der Waals surface area contributed by atoms with Gasteiger partial charge in [-0.2, -0.15) is 0 Å². The number of anilines is 1. The number of hydrogen-bond donors (Lipinski definition) is 1. The lowest BCUT2D eigenvalue weighted by molar-refractivity contribution is 0.0529. The van der Waals surface area contributed by atoms with Gasteiger partial charge in [0.25, 0.3) is 0 Å². The van der Waals surface area contributed by atoms with Gasteiger partial charge in [-0.3, -0.25) is 0 Å². The van der Waals surface area contributed by atoms with Crippen molar-refractivity contribution in [2.24, 2.45) is 0 Å². The summed E-state index contributed by atoms with van der Waals surface area (Å²) in [6.07, 6.45) is 2.13. The van der Waals surface area contributed by atoms with Gasteiger partial charge < -0.3 is 15.0 Å². The third-order valence-corrected chi connectivity index (χ3v) is 3.52. The first-order valence-electron chi connectivity index (χ1n) is 7.11. The van der Waals surface area contributed by atoms with E-state index in [1.807, 2.05) is 12.3 Å². The fourth-order valence-corrected chi connectivity index (χ4v) is 2.49. The summed E-state index contributed by atoms with van der Waals surface area (Å²) in [6, 6.07) is 2.00. The molecule has 112 valence electrons. The van der Waals surface area contributed by atoms with E-state index in [0.717, 1.165) is 37.6 Å². The van der Waals surface area contributed by atoms with Crippen LogP contribution in [-0.4, -0.2) is 36.3 Å². The van der Waals surface area contributed by atoms with E-state index in [4.69, 9.17) is 16.3 Å². The molecule has 0 aromatic carbocycles. The standard InChI is InChI=1S/C15H24ClN3O/c1-11-10-19(5-6-20-11)14-13(16)7-12(8-17-14)9-18-15(2,3)4/h7-8,11,18H,5-6,9-10H2,1-4H3. The van der Waals surface area contributed by atoms with Crippen LogP contribution in [-0.2, 0) is 11.3 Å². The average molecular weight is 298 g/mol. The maximum atomic E-state index is 6.39. The van der Waals surface area contributed by atoms with Crippen molar-refractivity contribution in [3.63, 3.8) is 0 Å². The van der Waals surface area contributed by atoms with Crippen LogP contribution in [0.2, 0.25) is 5.02 Å². The Bertz CT molecular complexity index is 459. The maximum absolute atomic E-state index is 6.39. The molecule has 0 radical (unpaired) electrons. The molecule has 1 aromatic heterocycles. The molecule has 2 heterocycles. The molecule has 1 saturated heterocycles. The first kappa shape index (κ1) is 15.5. The van der Waals surface area contributed by atoms with Crippen molar-refractivity contribution in [1.82, 2.24) is 10.3 Å². The number of halogens is 1. The summed E-state index contributed by atoms with van der Waals surface area (Å²) in [6.45, 7) is 11.7. The molecular formula is C15H24ClN3O. The van der Waals surface area contributed by atoms with E-state index in [2.05, 4.69) is 42.9 Å². The minimum absolute atomic E-state index is 0.0881. The Labute approximate surface area is 126 Å². The van der Waals surface area contributed by atoms with E-state index in [-0.39, 0.29) is 11.6 Å². The van der Waals surface area contributed by atoms with Gasteiger partial charge in [-0.25, -0.2) is 4.98 Å². The van der Waals surface area contributed by atoms with Crippen LogP contribution in [0.1, 0.15) is 33.3 Å².